The molecule has 2 N–H and O–H groups in total. The summed E-state index contributed by atoms with van der Waals surface area (Å²) < 4.78 is 26.1. The lowest BCUT2D eigenvalue weighted by Gasteiger charge is -2.17. The van der Waals surface area contributed by atoms with Crippen LogP contribution in [0.3, 0.4) is 0 Å². The third-order valence-corrected chi connectivity index (χ3v) is 5.62. The average Bonchev–Trinajstić information content (AvgIpc) is 2.61. The van der Waals surface area contributed by atoms with Gasteiger partial charge in [-0.1, -0.05) is 12.1 Å². The molecule has 0 saturated carbocycles. The minimum Gasteiger partial charge on any atom is -0.326 e. The summed E-state index contributed by atoms with van der Waals surface area (Å²) in [6, 6.07) is 12.0. The van der Waals surface area contributed by atoms with Gasteiger partial charge in [-0.25, -0.2) is 8.42 Å². The Hall–Kier alpha value is -3.04. The highest BCUT2D eigenvalue weighted by Crippen LogP contribution is 2.18. The van der Waals surface area contributed by atoms with Crippen LogP contribution in [0.2, 0.25) is 0 Å². The van der Waals surface area contributed by atoms with Gasteiger partial charge < -0.3 is 10.6 Å². The Morgan fingerprint density at radius 2 is 1.57 bits per heavy atom. The molecular formula is C19H21N3O5S. The number of carbonyl (C=O) groups excluding carboxylic acids is 3. The maximum Gasteiger partial charge on any atom is 0.243 e. The predicted molar refractivity (Wildman–Crippen MR) is 106 cm³/mol. The molecular weight excluding hydrogens is 382 g/mol. The smallest absolute Gasteiger partial charge is 0.243 e. The molecule has 0 radical (unpaired) electrons. The summed E-state index contributed by atoms with van der Waals surface area (Å²) in [5.74, 6) is -0.946. The monoisotopic (exact) mass is 403 g/mol. The Kier molecular flexibility index (Phi) is 6.66. The van der Waals surface area contributed by atoms with Crippen molar-refractivity contribution < 1.29 is 22.8 Å². The fourth-order valence-corrected chi connectivity index (χ4v) is 3.52. The lowest BCUT2D eigenvalue weighted by Crippen LogP contribution is -2.35. The highest BCUT2D eigenvalue weighted by atomic mass is 32.2. The number of hydrogen-bond donors (Lipinski definition) is 2. The van der Waals surface area contributed by atoms with Gasteiger partial charge in [-0.05, 0) is 43.3 Å². The van der Waals surface area contributed by atoms with E-state index in [9.17, 15) is 22.8 Å². The molecule has 0 atom stereocenters. The van der Waals surface area contributed by atoms with E-state index in [1.807, 2.05) is 0 Å². The van der Waals surface area contributed by atoms with Crippen molar-refractivity contribution in [2.75, 3.05) is 24.2 Å². The van der Waals surface area contributed by atoms with Gasteiger partial charge in [0.2, 0.25) is 21.8 Å². The summed E-state index contributed by atoms with van der Waals surface area (Å²) in [5.41, 5.74) is 1.32. The molecule has 28 heavy (non-hydrogen) atoms. The summed E-state index contributed by atoms with van der Waals surface area (Å²) >= 11 is 0. The second-order valence-corrected chi connectivity index (χ2v) is 8.20. The second-order valence-electron chi connectivity index (χ2n) is 6.15. The van der Waals surface area contributed by atoms with E-state index in [2.05, 4.69) is 10.6 Å². The molecule has 0 aromatic heterocycles. The van der Waals surface area contributed by atoms with Gasteiger partial charge in [-0.2, -0.15) is 4.31 Å². The number of likely N-dealkylation sites (N-methyl/N-ethyl adjacent to an activating group) is 1. The molecule has 0 heterocycles. The first-order valence-electron chi connectivity index (χ1n) is 8.34. The van der Waals surface area contributed by atoms with Gasteiger partial charge in [0.1, 0.15) is 0 Å². The highest BCUT2D eigenvalue weighted by molar-refractivity contribution is 7.89. The van der Waals surface area contributed by atoms with Crippen LogP contribution in [0.5, 0.6) is 0 Å². The van der Waals surface area contributed by atoms with Crippen LogP contribution in [0.1, 0.15) is 24.2 Å². The minimum absolute atomic E-state index is 0.00419. The van der Waals surface area contributed by atoms with E-state index in [0.717, 1.165) is 4.31 Å². The first kappa shape index (κ1) is 21.3. The number of hydrogen-bond acceptors (Lipinski definition) is 5. The van der Waals surface area contributed by atoms with Gasteiger partial charge >= 0.3 is 0 Å². The van der Waals surface area contributed by atoms with Crippen LogP contribution in [-0.4, -0.2) is 43.9 Å². The minimum atomic E-state index is -3.89. The van der Waals surface area contributed by atoms with E-state index in [0.29, 0.717) is 16.9 Å². The fourth-order valence-electron chi connectivity index (χ4n) is 2.40. The second kappa shape index (κ2) is 8.77. The summed E-state index contributed by atoms with van der Waals surface area (Å²) in [6.07, 6.45) is 0. The van der Waals surface area contributed by atoms with Crippen LogP contribution in [-0.2, 0) is 19.6 Å². The molecule has 0 aliphatic carbocycles. The van der Waals surface area contributed by atoms with Crippen LogP contribution in [0.15, 0.2) is 53.4 Å². The number of benzene rings is 2. The van der Waals surface area contributed by atoms with E-state index >= 15 is 0 Å². The van der Waals surface area contributed by atoms with E-state index in [4.69, 9.17) is 0 Å². The maximum atomic E-state index is 12.6. The molecule has 9 heteroatoms. The quantitative estimate of drug-likeness (QED) is 0.688. The van der Waals surface area contributed by atoms with Gasteiger partial charge in [-0.3, -0.25) is 14.4 Å². The van der Waals surface area contributed by atoms with Crippen molar-refractivity contribution in [2.24, 2.45) is 0 Å². The molecule has 0 spiro atoms. The first-order valence-corrected chi connectivity index (χ1v) is 9.78. The Morgan fingerprint density at radius 1 is 0.929 bits per heavy atom. The number of nitrogens with one attached hydrogen (secondary N) is 2. The number of nitrogens with zero attached hydrogens (tertiary/aromatic N) is 1. The zero-order valence-electron chi connectivity index (χ0n) is 15.7. The molecule has 8 nitrogen and oxygen atoms in total. The van der Waals surface area contributed by atoms with Crippen molar-refractivity contribution in [3.05, 3.63) is 54.1 Å². The largest absolute Gasteiger partial charge is 0.326 e. The third-order valence-electron chi connectivity index (χ3n) is 3.80. The van der Waals surface area contributed by atoms with Crippen molar-refractivity contribution in [1.82, 2.24) is 4.31 Å². The Balaban J connectivity index is 2.06. The van der Waals surface area contributed by atoms with Crippen LogP contribution in [0.25, 0.3) is 0 Å². The number of anilines is 2. The molecule has 2 aromatic carbocycles. The lowest BCUT2D eigenvalue weighted by atomic mass is 10.1. The van der Waals surface area contributed by atoms with Crippen molar-refractivity contribution in [3.63, 3.8) is 0 Å². The molecule has 2 amide bonds. The topological polar surface area (TPSA) is 113 Å². The normalized spacial score (nSPS) is 11.1. The Labute approximate surface area is 163 Å². The van der Waals surface area contributed by atoms with Crippen molar-refractivity contribution in [1.29, 1.82) is 0 Å². The standard InChI is InChI=1S/C19H21N3O5S/c1-13(23)15-5-4-6-17(11-15)21-19(25)12-22(3)28(26,27)18-9-7-16(8-10-18)20-14(2)24/h4-11H,12H2,1-3H3,(H,20,24)(H,21,25). The lowest BCUT2D eigenvalue weighted by molar-refractivity contribution is -0.116. The van der Waals surface area contributed by atoms with E-state index in [1.165, 1.54) is 51.2 Å². The number of sulfonamides is 1. The number of amides is 2. The van der Waals surface area contributed by atoms with Crippen LogP contribution < -0.4 is 10.6 Å². The van der Waals surface area contributed by atoms with Crippen molar-refractivity contribution >= 4 is 39.0 Å². The van der Waals surface area contributed by atoms with Gasteiger partial charge in [-0.15, -0.1) is 0 Å². The molecule has 2 aromatic rings. The molecule has 0 aliphatic rings. The number of ketones is 1. The molecule has 2 rings (SSSR count). The molecule has 0 bridgehead atoms. The Bertz CT molecular complexity index is 1000. The number of carbonyl (C=O) groups is 3. The predicted octanol–water partition coefficient (Wildman–Crippen LogP) is 2.11. The summed E-state index contributed by atoms with van der Waals surface area (Å²) in [4.78, 5) is 34.6. The van der Waals surface area contributed by atoms with Crippen LogP contribution in [0, 0.1) is 0 Å². The maximum absolute atomic E-state index is 12.6. The highest BCUT2D eigenvalue weighted by Gasteiger charge is 2.23. The van der Waals surface area contributed by atoms with Crippen molar-refractivity contribution in [2.45, 2.75) is 18.7 Å². The van der Waals surface area contributed by atoms with Gasteiger partial charge in [0.15, 0.2) is 5.78 Å². The molecule has 148 valence electrons. The van der Waals surface area contributed by atoms with E-state index < -0.39 is 22.5 Å². The molecule has 0 aliphatic heterocycles. The molecule has 0 saturated heterocycles. The van der Waals surface area contributed by atoms with Gasteiger partial charge in [0.05, 0.1) is 11.4 Å². The van der Waals surface area contributed by atoms with E-state index in [1.54, 1.807) is 18.2 Å². The zero-order valence-corrected chi connectivity index (χ0v) is 16.5. The van der Waals surface area contributed by atoms with Gasteiger partial charge in [0, 0.05) is 30.9 Å². The molecule has 0 unspecified atom stereocenters. The van der Waals surface area contributed by atoms with Crippen molar-refractivity contribution in [3.8, 4) is 0 Å². The SMILES string of the molecule is CC(=O)Nc1ccc(S(=O)(=O)N(C)CC(=O)Nc2cccc(C(C)=O)c2)cc1. The fraction of sp³-hybridized carbons (Fsp3) is 0.211. The summed E-state index contributed by atoms with van der Waals surface area (Å²) in [6.45, 7) is 2.36. The third kappa shape index (κ3) is 5.48. The number of Topliss-reactive ketones (excluding diaryl/α,β-unsaturated/α-hetero) is 1. The summed E-state index contributed by atoms with van der Waals surface area (Å²) in [5, 5.41) is 5.13. The molecule has 0 fully saturated rings. The van der Waals surface area contributed by atoms with Gasteiger partial charge in [0.25, 0.3) is 0 Å². The average molecular weight is 403 g/mol. The van der Waals surface area contributed by atoms with Crippen LogP contribution in [0.4, 0.5) is 11.4 Å². The van der Waals surface area contributed by atoms with Crippen LogP contribution >= 0.6 is 0 Å². The Morgan fingerprint density at radius 3 is 2.14 bits per heavy atom. The first-order chi connectivity index (χ1) is 13.1. The number of rotatable bonds is 7. The summed E-state index contributed by atoms with van der Waals surface area (Å²) in [7, 11) is -2.59. The zero-order chi connectivity index (χ0) is 20.9. The van der Waals surface area contributed by atoms with E-state index in [-0.39, 0.29) is 16.6 Å².